The molecule has 0 bridgehead atoms. The number of hydrogen-bond acceptors (Lipinski definition) is 5. The van der Waals surface area contributed by atoms with Gasteiger partial charge in [0.25, 0.3) is 0 Å². The highest BCUT2D eigenvalue weighted by molar-refractivity contribution is 7.24. The Balaban J connectivity index is 2.32. The van der Waals surface area contributed by atoms with E-state index in [-0.39, 0.29) is 11.2 Å². The minimum absolute atomic E-state index is 0.123. The fraction of sp³-hybridized carbons (Fsp3) is 0.158. The van der Waals surface area contributed by atoms with Crippen LogP contribution in [0.4, 0.5) is 0 Å². The van der Waals surface area contributed by atoms with Gasteiger partial charge in [0, 0.05) is 20.9 Å². The van der Waals surface area contributed by atoms with E-state index in [1.54, 1.807) is 18.2 Å². The molecule has 0 atom stereocenters. The van der Waals surface area contributed by atoms with Crippen LogP contribution >= 0.6 is 11.3 Å². The predicted octanol–water partition coefficient (Wildman–Crippen LogP) is 4.29. The summed E-state index contributed by atoms with van der Waals surface area (Å²) in [4.78, 5) is 24.5. The molecule has 0 saturated carbocycles. The SMILES string of the molecule is C=CC(=O)Oc1ccc2sc3ccccc3c(=O)c2c1OCCC. The Bertz CT molecular complexity index is 988. The highest BCUT2D eigenvalue weighted by Gasteiger charge is 2.17. The Labute approximate surface area is 142 Å². The number of carbonyl (C=O) groups excluding carboxylic acids is 1. The van der Waals surface area contributed by atoms with Gasteiger partial charge in [0.2, 0.25) is 0 Å². The molecule has 2 aromatic carbocycles. The molecule has 0 amide bonds. The highest BCUT2D eigenvalue weighted by atomic mass is 32.1. The van der Waals surface area contributed by atoms with Gasteiger partial charge in [0.05, 0.1) is 12.0 Å². The van der Waals surface area contributed by atoms with Gasteiger partial charge in [0.15, 0.2) is 16.9 Å². The Morgan fingerprint density at radius 1 is 1.21 bits per heavy atom. The highest BCUT2D eigenvalue weighted by Crippen LogP contribution is 2.37. The molecule has 0 aliphatic carbocycles. The molecule has 0 fully saturated rings. The number of hydrogen-bond donors (Lipinski definition) is 0. The van der Waals surface area contributed by atoms with Crippen molar-refractivity contribution >= 4 is 37.5 Å². The third-order valence-corrected chi connectivity index (χ3v) is 4.63. The molecular formula is C19H16O4S. The fourth-order valence-electron chi connectivity index (χ4n) is 2.42. The van der Waals surface area contributed by atoms with Crippen molar-refractivity contribution in [2.75, 3.05) is 6.61 Å². The van der Waals surface area contributed by atoms with Crippen LogP contribution in [0.15, 0.2) is 53.8 Å². The van der Waals surface area contributed by atoms with Gasteiger partial charge in [-0.15, -0.1) is 11.3 Å². The molecule has 1 heterocycles. The van der Waals surface area contributed by atoms with E-state index in [9.17, 15) is 9.59 Å². The topological polar surface area (TPSA) is 52.6 Å². The van der Waals surface area contributed by atoms with Crippen LogP contribution in [0, 0.1) is 0 Å². The van der Waals surface area contributed by atoms with Crippen LogP contribution in [0.2, 0.25) is 0 Å². The number of benzene rings is 2. The lowest BCUT2D eigenvalue weighted by Gasteiger charge is -2.13. The lowest BCUT2D eigenvalue weighted by atomic mass is 10.1. The van der Waals surface area contributed by atoms with Crippen molar-refractivity contribution in [2.24, 2.45) is 0 Å². The second-order valence-corrected chi connectivity index (χ2v) is 6.25. The van der Waals surface area contributed by atoms with Crippen LogP contribution in [0.25, 0.3) is 20.2 Å². The summed E-state index contributed by atoms with van der Waals surface area (Å²) in [6, 6.07) is 10.9. The maximum absolute atomic E-state index is 12.9. The van der Waals surface area contributed by atoms with Gasteiger partial charge in [-0.2, -0.15) is 0 Å². The molecule has 0 radical (unpaired) electrons. The van der Waals surface area contributed by atoms with Crippen LogP contribution in [-0.2, 0) is 4.79 Å². The van der Waals surface area contributed by atoms with Gasteiger partial charge < -0.3 is 9.47 Å². The molecule has 0 spiro atoms. The number of rotatable bonds is 5. The minimum Gasteiger partial charge on any atom is -0.489 e. The van der Waals surface area contributed by atoms with Gasteiger partial charge in [-0.1, -0.05) is 25.6 Å². The minimum atomic E-state index is -0.590. The Morgan fingerprint density at radius 2 is 2.00 bits per heavy atom. The van der Waals surface area contributed by atoms with Crippen LogP contribution in [0.3, 0.4) is 0 Å². The summed E-state index contributed by atoms with van der Waals surface area (Å²) < 4.78 is 12.7. The first-order valence-electron chi connectivity index (χ1n) is 7.61. The maximum Gasteiger partial charge on any atom is 0.335 e. The van der Waals surface area contributed by atoms with Gasteiger partial charge >= 0.3 is 5.97 Å². The lowest BCUT2D eigenvalue weighted by Crippen LogP contribution is -2.09. The Morgan fingerprint density at radius 3 is 2.75 bits per heavy atom. The van der Waals surface area contributed by atoms with Crippen molar-refractivity contribution in [1.29, 1.82) is 0 Å². The molecule has 0 unspecified atom stereocenters. The normalized spacial score (nSPS) is 10.7. The second kappa shape index (κ2) is 6.84. The average molecular weight is 340 g/mol. The maximum atomic E-state index is 12.9. The monoisotopic (exact) mass is 340 g/mol. The second-order valence-electron chi connectivity index (χ2n) is 5.17. The molecule has 0 N–H and O–H groups in total. The zero-order chi connectivity index (χ0) is 17.1. The Hall–Kier alpha value is -2.66. The van der Waals surface area contributed by atoms with Crippen LogP contribution in [0.5, 0.6) is 11.5 Å². The summed E-state index contributed by atoms with van der Waals surface area (Å²) in [5.74, 6) is -0.0374. The third-order valence-electron chi connectivity index (χ3n) is 3.49. The fourth-order valence-corrected chi connectivity index (χ4v) is 3.50. The van der Waals surface area contributed by atoms with E-state index in [0.717, 1.165) is 21.9 Å². The van der Waals surface area contributed by atoms with E-state index >= 15 is 0 Å². The molecule has 4 nitrogen and oxygen atoms in total. The summed E-state index contributed by atoms with van der Waals surface area (Å²) >= 11 is 1.51. The van der Waals surface area contributed by atoms with Crippen molar-refractivity contribution in [3.63, 3.8) is 0 Å². The molecule has 0 saturated heterocycles. The zero-order valence-electron chi connectivity index (χ0n) is 13.2. The summed E-state index contributed by atoms with van der Waals surface area (Å²) in [6.45, 7) is 5.79. The first kappa shape index (κ1) is 16.2. The largest absolute Gasteiger partial charge is 0.489 e. The summed E-state index contributed by atoms with van der Waals surface area (Å²) in [5, 5.41) is 1.07. The van der Waals surface area contributed by atoms with Crippen molar-refractivity contribution < 1.29 is 14.3 Å². The van der Waals surface area contributed by atoms with Gasteiger partial charge in [-0.05, 0) is 30.7 Å². The lowest BCUT2D eigenvalue weighted by molar-refractivity contribution is -0.129. The first-order chi connectivity index (χ1) is 11.7. The van der Waals surface area contributed by atoms with E-state index < -0.39 is 5.97 Å². The van der Waals surface area contributed by atoms with Crippen LogP contribution in [0.1, 0.15) is 13.3 Å². The zero-order valence-corrected chi connectivity index (χ0v) is 14.0. The quantitative estimate of drug-likeness (QED) is 0.301. The van der Waals surface area contributed by atoms with Crippen LogP contribution in [-0.4, -0.2) is 12.6 Å². The number of ether oxygens (including phenoxy) is 2. The van der Waals surface area contributed by atoms with Crippen molar-refractivity contribution in [1.82, 2.24) is 0 Å². The molecule has 3 aromatic rings. The van der Waals surface area contributed by atoms with E-state index in [1.807, 2.05) is 25.1 Å². The molecule has 1 aromatic heterocycles. The van der Waals surface area contributed by atoms with E-state index in [4.69, 9.17) is 9.47 Å². The standard InChI is InChI=1S/C19H16O4S/c1-3-11-22-19-13(23-16(20)4-2)9-10-15-17(19)18(21)12-7-5-6-8-14(12)24-15/h4-10H,2-3,11H2,1H3. The summed E-state index contributed by atoms with van der Waals surface area (Å²) in [5.41, 5.74) is -0.123. The molecular weight excluding hydrogens is 324 g/mol. The summed E-state index contributed by atoms with van der Waals surface area (Å²) in [6.07, 6.45) is 1.85. The van der Waals surface area contributed by atoms with E-state index in [1.165, 1.54) is 11.3 Å². The number of fused-ring (bicyclic) bond motifs is 2. The predicted molar refractivity (Wildman–Crippen MR) is 97.2 cm³/mol. The van der Waals surface area contributed by atoms with Gasteiger partial charge in [-0.25, -0.2) is 4.79 Å². The number of esters is 1. The van der Waals surface area contributed by atoms with Crippen molar-refractivity contribution in [2.45, 2.75) is 13.3 Å². The third kappa shape index (κ3) is 2.90. The van der Waals surface area contributed by atoms with E-state index in [0.29, 0.717) is 23.1 Å². The molecule has 24 heavy (non-hydrogen) atoms. The van der Waals surface area contributed by atoms with E-state index in [2.05, 4.69) is 6.58 Å². The molecule has 5 heteroatoms. The molecule has 122 valence electrons. The van der Waals surface area contributed by atoms with Gasteiger partial charge in [-0.3, -0.25) is 4.79 Å². The van der Waals surface area contributed by atoms with Crippen molar-refractivity contribution in [3.8, 4) is 11.5 Å². The smallest absolute Gasteiger partial charge is 0.335 e. The molecule has 0 aliphatic heterocycles. The Kier molecular flexibility index (Phi) is 4.62. The van der Waals surface area contributed by atoms with Crippen molar-refractivity contribution in [3.05, 3.63) is 59.3 Å². The molecule has 3 rings (SSSR count). The van der Waals surface area contributed by atoms with Crippen LogP contribution < -0.4 is 14.9 Å². The molecule has 0 aliphatic rings. The average Bonchev–Trinajstić information content (AvgIpc) is 2.61. The first-order valence-corrected chi connectivity index (χ1v) is 8.43. The van der Waals surface area contributed by atoms with Gasteiger partial charge in [0.1, 0.15) is 0 Å². The summed E-state index contributed by atoms with van der Waals surface area (Å²) in [7, 11) is 0. The number of carbonyl (C=O) groups is 1.